The molecule has 29 heavy (non-hydrogen) atoms. The van der Waals surface area contributed by atoms with Gasteiger partial charge < -0.3 is 15.0 Å². The monoisotopic (exact) mass is 388 g/mol. The van der Waals surface area contributed by atoms with E-state index >= 15 is 0 Å². The van der Waals surface area contributed by atoms with Gasteiger partial charge in [-0.2, -0.15) is 0 Å². The first kappa shape index (κ1) is 20.3. The summed E-state index contributed by atoms with van der Waals surface area (Å²) in [6.07, 6.45) is 0. The maximum atomic E-state index is 13.3. The lowest BCUT2D eigenvalue weighted by Crippen LogP contribution is -2.30. The van der Waals surface area contributed by atoms with Gasteiger partial charge in [-0.05, 0) is 42.0 Å². The van der Waals surface area contributed by atoms with Crippen molar-refractivity contribution in [3.05, 3.63) is 102 Å². The van der Waals surface area contributed by atoms with E-state index in [1.807, 2.05) is 60.7 Å². The van der Waals surface area contributed by atoms with Crippen LogP contribution >= 0.6 is 0 Å². The molecule has 5 nitrogen and oxygen atoms in total. The predicted molar refractivity (Wildman–Crippen MR) is 114 cm³/mol. The van der Waals surface area contributed by atoms with Gasteiger partial charge in [-0.1, -0.05) is 48.5 Å². The first-order chi connectivity index (χ1) is 14.2. The highest BCUT2D eigenvalue weighted by atomic mass is 16.5. The van der Waals surface area contributed by atoms with Gasteiger partial charge in [0.2, 0.25) is 0 Å². The molecule has 0 aliphatic rings. The Balaban J connectivity index is 1.79. The number of carbonyl (C=O) groups is 2. The Labute approximate surface area is 170 Å². The number of amides is 2. The molecular weight excluding hydrogens is 364 g/mol. The Bertz CT molecular complexity index is 925. The summed E-state index contributed by atoms with van der Waals surface area (Å²) in [5, 5.41) is 2.77. The van der Waals surface area contributed by atoms with Crippen molar-refractivity contribution in [3.63, 3.8) is 0 Å². The molecule has 0 spiro atoms. The minimum absolute atomic E-state index is 0.119. The molecule has 0 aromatic heterocycles. The van der Waals surface area contributed by atoms with Crippen molar-refractivity contribution in [2.24, 2.45) is 0 Å². The van der Waals surface area contributed by atoms with Gasteiger partial charge in [-0.25, -0.2) is 0 Å². The SMILES string of the molecule is COCCNC(=O)c1ccc(C(=O)N(Cc2ccccc2)c2ccccc2)cc1. The van der Waals surface area contributed by atoms with Crippen molar-refractivity contribution in [2.75, 3.05) is 25.2 Å². The highest BCUT2D eigenvalue weighted by Gasteiger charge is 2.18. The van der Waals surface area contributed by atoms with E-state index < -0.39 is 0 Å². The number of nitrogens with zero attached hydrogens (tertiary/aromatic N) is 1. The lowest BCUT2D eigenvalue weighted by molar-refractivity contribution is 0.0934. The summed E-state index contributed by atoms with van der Waals surface area (Å²) in [4.78, 5) is 27.1. The lowest BCUT2D eigenvalue weighted by Gasteiger charge is -2.23. The van der Waals surface area contributed by atoms with Crippen LogP contribution in [0.25, 0.3) is 0 Å². The molecule has 1 N–H and O–H groups in total. The molecule has 2 amide bonds. The third kappa shape index (κ3) is 5.53. The number of hydrogen-bond acceptors (Lipinski definition) is 3. The number of rotatable bonds is 8. The van der Waals surface area contributed by atoms with E-state index in [1.54, 1.807) is 36.3 Å². The maximum Gasteiger partial charge on any atom is 0.258 e. The Kier molecular flexibility index (Phi) is 7.14. The van der Waals surface area contributed by atoms with Crippen LogP contribution in [0.2, 0.25) is 0 Å². The molecule has 148 valence electrons. The van der Waals surface area contributed by atoms with Crippen molar-refractivity contribution in [2.45, 2.75) is 6.54 Å². The van der Waals surface area contributed by atoms with Gasteiger partial charge in [0.15, 0.2) is 0 Å². The molecule has 0 atom stereocenters. The molecule has 0 aliphatic carbocycles. The van der Waals surface area contributed by atoms with Crippen molar-refractivity contribution in [3.8, 4) is 0 Å². The normalized spacial score (nSPS) is 10.4. The summed E-state index contributed by atoms with van der Waals surface area (Å²) in [6, 6.07) is 26.2. The fraction of sp³-hybridized carbons (Fsp3) is 0.167. The van der Waals surface area contributed by atoms with Crippen LogP contribution in [-0.2, 0) is 11.3 Å². The van der Waals surface area contributed by atoms with Crippen molar-refractivity contribution < 1.29 is 14.3 Å². The third-order valence-corrected chi connectivity index (χ3v) is 4.48. The van der Waals surface area contributed by atoms with Crippen LogP contribution < -0.4 is 10.2 Å². The van der Waals surface area contributed by atoms with Crippen LogP contribution in [-0.4, -0.2) is 32.1 Å². The Morgan fingerprint density at radius 2 is 1.41 bits per heavy atom. The fourth-order valence-electron chi connectivity index (χ4n) is 2.94. The van der Waals surface area contributed by atoms with E-state index in [-0.39, 0.29) is 11.8 Å². The van der Waals surface area contributed by atoms with Gasteiger partial charge >= 0.3 is 0 Å². The number of para-hydroxylation sites is 1. The van der Waals surface area contributed by atoms with Crippen LogP contribution in [0.5, 0.6) is 0 Å². The highest BCUT2D eigenvalue weighted by molar-refractivity contribution is 6.06. The third-order valence-electron chi connectivity index (χ3n) is 4.48. The van der Waals surface area contributed by atoms with E-state index in [0.29, 0.717) is 30.8 Å². The Morgan fingerprint density at radius 1 is 0.828 bits per heavy atom. The summed E-state index contributed by atoms with van der Waals surface area (Å²) in [5.41, 5.74) is 2.90. The molecule has 0 unspecified atom stereocenters. The molecule has 3 aromatic rings. The zero-order valence-electron chi connectivity index (χ0n) is 16.4. The van der Waals surface area contributed by atoms with Gasteiger partial charge in [0.1, 0.15) is 0 Å². The minimum atomic E-state index is -0.190. The molecule has 0 saturated carbocycles. The smallest absolute Gasteiger partial charge is 0.258 e. The zero-order valence-corrected chi connectivity index (χ0v) is 16.4. The second-order valence-corrected chi connectivity index (χ2v) is 6.54. The van der Waals surface area contributed by atoms with E-state index in [0.717, 1.165) is 11.3 Å². The van der Waals surface area contributed by atoms with Crippen LogP contribution in [0.1, 0.15) is 26.3 Å². The molecule has 5 heteroatoms. The van der Waals surface area contributed by atoms with Crippen LogP contribution in [0.15, 0.2) is 84.9 Å². The lowest BCUT2D eigenvalue weighted by atomic mass is 10.1. The van der Waals surface area contributed by atoms with E-state index in [1.165, 1.54) is 0 Å². The summed E-state index contributed by atoms with van der Waals surface area (Å²) >= 11 is 0. The van der Waals surface area contributed by atoms with Gasteiger partial charge in [-0.3, -0.25) is 9.59 Å². The predicted octanol–water partition coefficient (Wildman–Crippen LogP) is 3.91. The number of anilines is 1. The van der Waals surface area contributed by atoms with Gasteiger partial charge in [0, 0.05) is 30.5 Å². The van der Waals surface area contributed by atoms with Gasteiger partial charge in [-0.15, -0.1) is 0 Å². The number of benzene rings is 3. The molecule has 3 rings (SSSR count). The molecule has 0 radical (unpaired) electrons. The van der Waals surface area contributed by atoms with Crippen LogP contribution in [0.3, 0.4) is 0 Å². The van der Waals surface area contributed by atoms with E-state index in [4.69, 9.17) is 4.74 Å². The van der Waals surface area contributed by atoms with Crippen molar-refractivity contribution in [1.29, 1.82) is 0 Å². The number of methoxy groups -OCH3 is 1. The molecule has 3 aromatic carbocycles. The van der Waals surface area contributed by atoms with Gasteiger partial charge in [0.05, 0.1) is 13.2 Å². The maximum absolute atomic E-state index is 13.3. The molecule has 0 saturated heterocycles. The van der Waals surface area contributed by atoms with Gasteiger partial charge in [0.25, 0.3) is 11.8 Å². The average molecular weight is 388 g/mol. The Morgan fingerprint density at radius 3 is 2.03 bits per heavy atom. The zero-order chi connectivity index (χ0) is 20.5. The summed E-state index contributed by atoms with van der Waals surface area (Å²) < 4.78 is 4.93. The second kappa shape index (κ2) is 10.2. The standard InChI is InChI=1S/C24H24N2O3/c1-29-17-16-25-23(27)20-12-14-21(15-13-20)24(28)26(22-10-6-3-7-11-22)18-19-8-4-2-5-9-19/h2-15H,16-18H2,1H3,(H,25,27). The number of hydrogen-bond donors (Lipinski definition) is 1. The van der Waals surface area contributed by atoms with Crippen LogP contribution in [0, 0.1) is 0 Å². The summed E-state index contributed by atoms with van der Waals surface area (Å²) in [6.45, 7) is 1.35. The first-order valence-electron chi connectivity index (χ1n) is 9.47. The summed E-state index contributed by atoms with van der Waals surface area (Å²) in [5.74, 6) is -0.309. The topological polar surface area (TPSA) is 58.6 Å². The van der Waals surface area contributed by atoms with Crippen LogP contribution in [0.4, 0.5) is 5.69 Å². The van der Waals surface area contributed by atoms with E-state index in [2.05, 4.69) is 5.32 Å². The number of ether oxygens (including phenoxy) is 1. The van der Waals surface area contributed by atoms with Crippen molar-refractivity contribution in [1.82, 2.24) is 5.32 Å². The largest absolute Gasteiger partial charge is 0.383 e. The number of nitrogens with one attached hydrogen (secondary N) is 1. The minimum Gasteiger partial charge on any atom is -0.383 e. The molecule has 0 aliphatic heterocycles. The quantitative estimate of drug-likeness (QED) is 0.595. The Hall–Kier alpha value is -3.44. The molecule has 0 bridgehead atoms. The highest BCUT2D eigenvalue weighted by Crippen LogP contribution is 2.20. The summed E-state index contributed by atoms with van der Waals surface area (Å²) in [7, 11) is 1.58. The van der Waals surface area contributed by atoms with Crippen molar-refractivity contribution >= 4 is 17.5 Å². The first-order valence-corrected chi connectivity index (χ1v) is 9.47. The fourth-order valence-corrected chi connectivity index (χ4v) is 2.94. The molecule has 0 heterocycles. The molecular formula is C24H24N2O3. The van der Waals surface area contributed by atoms with E-state index in [9.17, 15) is 9.59 Å². The average Bonchev–Trinajstić information content (AvgIpc) is 2.78. The number of carbonyl (C=O) groups excluding carboxylic acids is 2. The molecule has 0 fully saturated rings. The second-order valence-electron chi connectivity index (χ2n) is 6.54.